The molecule has 0 aromatic rings. The minimum absolute atomic E-state index is 0.242. The third-order valence-electron chi connectivity index (χ3n) is 4.88. The molecular formula is C17H33NO. The van der Waals surface area contributed by atoms with Gasteiger partial charge in [0, 0.05) is 0 Å². The van der Waals surface area contributed by atoms with Gasteiger partial charge in [-0.1, -0.05) is 33.6 Å². The Hall–Kier alpha value is -0.0800. The average molecular weight is 267 g/mol. The molecule has 0 aliphatic heterocycles. The summed E-state index contributed by atoms with van der Waals surface area (Å²) < 4.78 is 6.55. The van der Waals surface area contributed by atoms with E-state index in [0.717, 1.165) is 24.9 Å². The zero-order valence-corrected chi connectivity index (χ0v) is 13.2. The van der Waals surface area contributed by atoms with E-state index in [1.807, 2.05) is 0 Å². The van der Waals surface area contributed by atoms with E-state index < -0.39 is 0 Å². The van der Waals surface area contributed by atoms with Crippen LogP contribution in [0.3, 0.4) is 0 Å². The van der Waals surface area contributed by atoms with Gasteiger partial charge >= 0.3 is 0 Å². The van der Waals surface area contributed by atoms with Gasteiger partial charge < -0.3 is 10.1 Å². The molecule has 2 rings (SSSR count). The zero-order valence-electron chi connectivity index (χ0n) is 13.2. The van der Waals surface area contributed by atoms with E-state index in [1.54, 1.807) is 0 Å². The lowest BCUT2D eigenvalue weighted by atomic mass is 9.76. The van der Waals surface area contributed by atoms with Crippen molar-refractivity contribution in [2.45, 2.75) is 83.8 Å². The van der Waals surface area contributed by atoms with Gasteiger partial charge in [-0.2, -0.15) is 0 Å². The van der Waals surface area contributed by atoms with Gasteiger partial charge in [-0.25, -0.2) is 0 Å². The Bertz CT molecular complexity index is 260. The van der Waals surface area contributed by atoms with Crippen molar-refractivity contribution in [1.82, 2.24) is 5.32 Å². The van der Waals surface area contributed by atoms with E-state index in [4.69, 9.17) is 4.74 Å². The largest absolute Gasteiger partial charge is 0.372 e. The molecule has 2 nitrogen and oxygen atoms in total. The molecule has 2 fully saturated rings. The number of rotatable bonds is 7. The summed E-state index contributed by atoms with van der Waals surface area (Å²) in [7, 11) is 0. The fourth-order valence-corrected chi connectivity index (χ4v) is 3.54. The van der Waals surface area contributed by atoms with E-state index in [2.05, 4.69) is 26.1 Å². The lowest BCUT2D eigenvalue weighted by molar-refractivity contribution is -0.155. The van der Waals surface area contributed by atoms with Crippen LogP contribution in [-0.4, -0.2) is 24.8 Å². The Kier molecular flexibility index (Phi) is 5.70. The molecule has 0 heterocycles. The SMILES string of the molecule is CC(C)CNCCC1(OC2CCCC(C)C2)CCC1. The van der Waals surface area contributed by atoms with E-state index in [-0.39, 0.29) is 5.60 Å². The molecule has 2 aliphatic rings. The minimum atomic E-state index is 0.242. The van der Waals surface area contributed by atoms with Crippen LogP contribution in [0.15, 0.2) is 0 Å². The van der Waals surface area contributed by atoms with Gasteiger partial charge in [0.2, 0.25) is 0 Å². The molecule has 2 heteroatoms. The van der Waals surface area contributed by atoms with Crippen LogP contribution in [0.5, 0.6) is 0 Å². The summed E-state index contributed by atoms with van der Waals surface area (Å²) in [5, 5.41) is 3.57. The summed E-state index contributed by atoms with van der Waals surface area (Å²) in [6, 6.07) is 0. The first-order valence-electron chi connectivity index (χ1n) is 8.48. The highest BCUT2D eigenvalue weighted by Crippen LogP contribution is 2.41. The monoisotopic (exact) mass is 267 g/mol. The molecule has 0 saturated heterocycles. The second-order valence-electron chi connectivity index (χ2n) is 7.40. The summed E-state index contributed by atoms with van der Waals surface area (Å²) in [5.74, 6) is 1.62. The van der Waals surface area contributed by atoms with Crippen molar-refractivity contribution in [2.75, 3.05) is 13.1 Å². The van der Waals surface area contributed by atoms with Gasteiger partial charge in [0.05, 0.1) is 11.7 Å². The lowest BCUT2D eigenvalue weighted by Crippen LogP contribution is -2.46. The van der Waals surface area contributed by atoms with Crippen molar-refractivity contribution in [1.29, 1.82) is 0 Å². The third-order valence-corrected chi connectivity index (χ3v) is 4.88. The van der Waals surface area contributed by atoms with Crippen molar-refractivity contribution < 1.29 is 4.74 Å². The Morgan fingerprint density at radius 3 is 2.58 bits per heavy atom. The van der Waals surface area contributed by atoms with Crippen molar-refractivity contribution >= 4 is 0 Å². The Labute approximate surface area is 119 Å². The lowest BCUT2D eigenvalue weighted by Gasteiger charge is -2.45. The molecule has 2 atom stereocenters. The molecule has 0 spiro atoms. The molecule has 2 unspecified atom stereocenters. The second-order valence-corrected chi connectivity index (χ2v) is 7.40. The van der Waals surface area contributed by atoms with Gasteiger partial charge in [0.25, 0.3) is 0 Å². The number of hydrogen-bond donors (Lipinski definition) is 1. The highest BCUT2D eigenvalue weighted by atomic mass is 16.5. The molecule has 0 radical (unpaired) electrons. The van der Waals surface area contributed by atoms with E-state index >= 15 is 0 Å². The third kappa shape index (κ3) is 4.75. The quantitative estimate of drug-likeness (QED) is 0.700. The van der Waals surface area contributed by atoms with Crippen LogP contribution < -0.4 is 5.32 Å². The summed E-state index contributed by atoms with van der Waals surface area (Å²) in [5.41, 5.74) is 0.242. The van der Waals surface area contributed by atoms with Crippen molar-refractivity contribution in [3.63, 3.8) is 0 Å². The first-order valence-corrected chi connectivity index (χ1v) is 8.48. The van der Waals surface area contributed by atoms with Crippen LogP contribution in [0.4, 0.5) is 0 Å². The van der Waals surface area contributed by atoms with Crippen LogP contribution in [0.2, 0.25) is 0 Å². The smallest absolute Gasteiger partial charge is 0.0698 e. The Morgan fingerprint density at radius 1 is 1.21 bits per heavy atom. The van der Waals surface area contributed by atoms with Crippen molar-refractivity contribution in [3.8, 4) is 0 Å². The second kappa shape index (κ2) is 7.08. The summed E-state index contributed by atoms with van der Waals surface area (Å²) >= 11 is 0. The molecule has 0 aromatic carbocycles. The van der Waals surface area contributed by atoms with Crippen LogP contribution in [-0.2, 0) is 4.74 Å². The maximum atomic E-state index is 6.55. The zero-order chi connectivity index (χ0) is 13.7. The average Bonchev–Trinajstić information content (AvgIpc) is 2.31. The van der Waals surface area contributed by atoms with Crippen LogP contribution in [0.25, 0.3) is 0 Å². The number of ether oxygens (including phenoxy) is 1. The first kappa shape index (κ1) is 15.3. The fraction of sp³-hybridized carbons (Fsp3) is 1.00. The van der Waals surface area contributed by atoms with Gasteiger partial charge in [0.15, 0.2) is 0 Å². The fourth-order valence-electron chi connectivity index (χ4n) is 3.54. The standard InChI is InChI=1S/C17H33NO/c1-14(2)13-18-11-10-17(8-5-9-17)19-16-7-4-6-15(3)12-16/h14-16,18H,4-13H2,1-3H3. The molecule has 0 amide bonds. The predicted octanol–water partition coefficient (Wildman–Crippen LogP) is 4.14. The highest BCUT2D eigenvalue weighted by Gasteiger charge is 2.40. The molecule has 19 heavy (non-hydrogen) atoms. The first-order chi connectivity index (χ1) is 9.10. The van der Waals surface area contributed by atoms with Gasteiger partial charge in [-0.05, 0) is 63.5 Å². The summed E-state index contributed by atoms with van der Waals surface area (Å²) in [4.78, 5) is 0. The summed E-state index contributed by atoms with van der Waals surface area (Å²) in [6.45, 7) is 9.18. The van der Waals surface area contributed by atoms with Gasteiger partial charge in [-0.15, -0.1) is 0 Å². The normalized spacial score (nSPS) is 30.3. The predicted molar refractivity (Wildman–Crippen MR) is 81.4 cm³/mol. The van der Waals surface area contributed by atoms with Gasteiger partial charge in [0.1, 0.15) is 0 Å². The van der Waals surface area contributed by atoms with Crippen LogP contribution in [0, 0.1) is 11.8 Å². The molecule has 0 bridgehead atoms. The minimum Gasteiger partial charge on any atom is -0.372 e. The molecule has 2 aliphatic carbocycles. The summed E-state index contributed by atoms with van der Waals surface area (Å²) in [6.07, 6.45) is 11.1. The van der Waals surface area contributed by atoms with Gasteiger partial charge in [-0.3, -0.25) is 0 Å². The molecule has 112 valence electrons. The Balaban J connectivity index is 1.71. The molecule has 1 N–H and O–H groups in total. The molecule has 2 saturated carbocycles. The Morgan fingerprint density at radius 2 is 2.00 bits per heavy atom. The van der Waals surface area contributed by atoms with Crippen LogP contribution >= 0.6 is 0 Å². The maximum Gasteiger partial charge on any atom is 0.0698 e. The molecule has 0 aromatic heterocycles. The highest BCUT2D eigenvalue weighted by molar-refractivity contribution is 4.92. The number of nitrogens with one attached hydrogen (secondary N) is 1. The van der Waals surface area contributed by atoms with Crippen molar-refractivity contribution in [3.05, 3.63) is 0 Å². The van der Waals surface area contributed by atoms with E-state index in [9.17, 15) is 0 Å². The van der Waals surface area contributed by atoms with E-state index in [0.29, 0.717) is 6.10 Å². The van der Waals surface area contributed by atoms with Crippen LogP contribution in [0.1, 0.15) is 72.1 Å². The number of hydrogen-bond acceptors (Lipinski definition) is 2. The maximum absolute atomic E-state index is 6.55. The molecular weight excluding hydrogens is 234 g/mol. The van der Waals surface area contributed by atoms with E-state index in [1.165, 1.54) is 51.4 Å². The van der Waals surface area contributed by atoms with Crippen molar-refractivity contribution in [2.24, 2.45) is 11.8 Å². The topological polar surface area (TPSA) is 21.3 Å².